The fourth-order valence-electron chi connectivity index (χ4n) is 5.12. The average Bonchev–Trinajstić information content (AvgIpc) is 2.94. The summed E-state index contributed by atoms with van der Waals surface area (Å²) >= 11 is 0. The second-order valence-electron chi connectivity index (χ2n) is 10.6. The highest BCUT2D eigenvalue weighted by molar-refractivity contribution is 7.97. The van der Waals surface area contributed by atoms with Gasteiger partial charge in [0.25, 0.3) is 0 Å². The van der Waals surface area contributed by atoms with E-state index in [1.54, 1.807) is 0 Å². The Hall–Kier alpha value is -1.99. The average molecular weight is 516 g/mol. The summed E-state index contributed by atoms with van der Waals surface area (Å²) in [7, 11) is -0.0555. The summed E-state index contributed by atoms with van der Waals surface area (Å²) in [6.07, 6.45) is 21.7. The Balaban J connectivity index is 1.57. The molecule has 0 amide bonds. The smallest absolute Gasteiger partial charge is 0.0654 e. The molecule has 0 aliphatic heterocycles. The second kappa shape index (κ2) is 18.3. The van der Waals surface area contributed by atoms with E-state index in [2.05, 4.69) is 92.7 Å². The van der Waals surface area contributed by atoms with Gasteiger partial charge in [-0.25, -0.2) is 0 Å². The standard InChI is InChI=1S/C36H51S/c1-3-5-7-9-11-13-16-20-32-24-28-35(29-25-32)37(34-22-18-15-19-23-34)36-30-26-33(27-31-36)21-17-14-12-10-8-6-4-2/h15,18-19,22-31H,3-14,16-17,20-21H2,1-2H3/q+1. The van der Waals surface area contributed by atoms with Gasteiger partial charge in [-0.15, -0.1) is 0 Å². The molecule has 3 aromatic rings. The van der Waals surface area contributed by atoms with Gasteiger partial charge in [0, 0.05) is 0 Å². The molecule has 0 aliphatic rings. The Bertz CT molecular complexity index is 881. The van der Waals surface area contributed by atoms with E-state index >= 15 is 0 Å². The van der Waals surface area contributed by atoms with E-state index in [-0.39, 0.29) is 10.9 Å². The molecule has 37 heavy (non-hydrogen) atoms. The van der Waals surface area contributed by atoms with Crippen LogP contribution in [-0.2, 0) is 23.7 Å². The summed E-state index contributed by atoms with van der Waals surface area (Å²) in [5.74, 6) is 0. The lowest BCUT2D eigenvalue weighted by Crippen LogP contribution is -2.05. The Kier molecular flexibility index (Phi) is 14.6. The Morgan fingerprint density at radius 3 is 1.14 bits per heavy atom. The first-order chi connectivity index (χ1) is 18.3. The minimum atomic E-state index is -0.0555. The molecule has 0 aromatic heterocycles. The maximum Gasteiger partial charge on any atom is 0.166 e. The van der Waals surface area contributed by atoms with Crippen LogP contribution < -0.4 is 0 Å². The molecule has 0 nitrogen and oxygen atoms in total. The molecule has 1 heteroatoms. The van der Waals surface area contributed by atoms with E-state index in [4.69, 9.17) is 0 Å². The molecular weight excluding hydrogens is 464 g/mol. The van der Waals surface area contributed by atoms with E-state index in [1.807, 2.05) is 0 Å². The van der Waals surface area contributed by atoms with Crippen LogP contribution in [0.5, 0.6) is 0 Å². The second-order valence-corrected chi connectivity index (χ2v) is 12.7. The van der Waals surface area contributed by atoms with Crippen LogP contribution in [0.4, 0.5) is 0 Å². The monoisotopic (exact) mass is 515 g/mol. The molecule has 0 heterocycles. The van der Waals surface area contributed by atoms with E-state index in [0.717, 1.165) is 0 Å². The number of benzene rings is 3. The molecule has 200 valence electrons. The third-order valence-electron chi connectivity index (χ3n) is 7.44. The molecule has 3 aromatic carbocycles. The third kappa shape index (κ3) is 11.1. The molecule has 0 unspecified atom stereocenters. The predicted octanol–water partition coefficient (Wildman–Crippen LogP) is 11.4. The lowest BCUT2D eigenvalue weighted by molar-refractivity contribution is 0.589. The highest BCUT2D eigenvalue weighted by Crippen LogP contribution is 2.32. The van der Waals surface area contributed by atoms with Gasteiger partial charge in [-0.1, -0.05) is 133 Å². The maximum atomic E-state index is 2.39. The molecule has 3 rings (SSSR count). The molecular formula is C36H51S+. The van der Waals surface area contributed by atoms with E-state index < -0.39 is 0 Å². The number of hydrogen-bond acceptors (Lipinski definition) is 0. The summed E-state index contributed by atoms with van der Waals surface area (Å²) in [6, 6.07) is 30.1. The van der Waals surface area contributed by atoms with Crippen molar-refractivity contribution in [3.05, 3.63) is 90.0 Å². The number of unbranched alkanes of at least 4 members (excludes halogenated alkanes) is 12. The van der Waals surface area contributed by atoms with Gasteiger partial charge >= 0.3 is 0 Å². The van der Waals surface area contributed by atoms with E-state index in [1.165, 1.54) is 129 Å². The van der Waals surface area contributed by atoms with Gasteiger partial charge in [0.1, 0.15) is 0 Å². The van der Waals surface area contributed by atoms with Crippen molar-refractivity contribution < 1.29 is 0 Å². The largest absolute Gasteiger partial charge is 0.166 e. The van der Waals surface area contributed by atoms with Crippen molar-refractivity contribution in [3.63, 3.8) is 0 Å². The van der Waals surface area contributed by atoms with Gasteiger partial charge in [-0.2, -0.15) is 0 Å². The summed E-state index contributed by atoms with van der Waals surface area (Å²) in [5, 5.41) is 0. The third-order valence-corrected chi connectivity index (χ3v) is 9.67. The summed E-state index contributed by atoms with van der Waals surface area (Å²) in [4.78, 5) is 4.26. The van der Waals surface area contributed by atoms with Gasteiger partial charge in [-0.3, -0.25) is 0 Å². The molecule has 0 aliphatic carbocycles. The molecule has 0 saturated heterocycles. The minimum Gasteiger partial charge on any atom is -0.0654 e. The summed E-state index contributed by atoms with van der Waals surface area (Å²) in [6.45, 7) is 4.58. The number of rotatable bonds is 19. The quantitative estimate of drug-likeness (QED) is 0.110. The molecule has 0 spiro atoms. The van der Waals surface area contributed by atoms with Crippen LogP contribution in [0.15, 0.2) is 93.5 Å². The van der Waals surface area contributed by atoms with Crippen molar-refractivity contribution in [1.29, 1.82) is 0 Å². The van der Waals surface area contributed by atoms with Crippen molar-refractivity contribution in [2.45, 2.75) is 131 Å². The van der Waals surface area contributed by atoms with Crippen molar-refractivity contribution in [1.82, 2.24) is 0 Å². The molecule has 0 saturated carbocycles. The van der Waals surface area contributed by atoms with Crippen molar-refractivity contribution in [2.24, 2.45) is 0 Å². The zero-order valence-corrected chi connectivity index (χ0v) is 24.5. The molecule has 0 bridgehead atoms. The van der Waals surface area contributed by atoms with Gasteiger partial charge in [0.05, 0.1) is 10.9 Å². The van der Waals surface area contributed by atoms with Gasteiger partial charge in [0.2, 0.25) is 0 Å². The normalized spacial score (nSPS) is 11.3. The fraction of sp³-hybridized carbons (Fsp3) is 0.500. The van der Waals surface area contributed by atoms with Crippen molar-refractivity contribution in [2.75, 3.05) is 0 Å². The van der Waals surface area contributed by atoms with Crippen molar-refractivity contribution in [3.8, 4) is 0 Å². The zero-order chi connectivity index (χ0) is 26.0. The Morgan fingerprint density at radius 1 is 0.378 bits per heavy atom. The van der Waals surface area contributed by atoms with Crippen LogP contribution in [0.25, 0.3) is 0 Å². The molecule has 0 atom stereocenters. The van der Waals surface area contributed by atoms with Gasteiger partial charge in [0.15, 0.2) is 14.7 Å². The zero-order valence-electron chi connectivity index (χ0n) is 23.7. The predicted molar refractivity (Wildman–Crippen MR) is 165 cm³/mol. The van der Waals surface area contributed by atoms with E-state index in [0.29, 0.717) is 0 Å². The minimum absolute atomic E-state index is 0.0555. The Morgan fingerprint density at radius 2 is 0.730 bits per heavy atom. The van der Waals surface area contributed by atoms with Crippen LogP contribution in [0, 0.1) is 0 Å². The Labute approximate surface area is 231 Å². The number of aryl methyl sites for hydroxylation is 2. The van der Waals surface area contributed by atoms with Crippen LogP contribution in [0.2, 0.25) is 0 Å². The van der Waals surface area contributed by atoms with Crippen LogP contribution in [0.1, 0.15) is 115 Å². The lowest BCUT2D eigenvalue weighted by Gasteiger charge is -2.10. The van der Waals surface area contributed by atoms with E-state index in [9.17, 15) is 0 Å². The fourth-order valence-corrected chi connectivity index (χ4v) is 7.18. The topological polar surface area (TPSA) is 0 Å². The van der Waals surface area contributed by atoms with Gasteiger partial charge < -0.3 is 0 Å². The first-order valence-corrected chi connectivity index (χ1v) is 16.5. The van der Waals surface area contributed by atoms with Crippen molar-refractivity contribution >= 4 is 10.9 Å². The van der Waals surface area contributed by atoms with Crippen LogP contribution in [0.3, 0.4) is 0 Å². The first kappa shape index (κ1) is 29.6. The summed E-state index contributed by atoms with van der Waals surface area (Å²) in [5.41, 5.74) is 2.97. The number of hydrogen-bond donors (Lipinski definition) is 0. The van der Waals surface area contributed by atoms with Gasteiger partial charge in [-0.05, 0) is 73.2 Å². The summed E-state index contributed by atoms with van der Waals surface area (Å²) < 4.78 is 0. The van der Waals surface area contributed by atoms with Crippen LogP contribution >= 0.6 is 0 Å². The molecule has 0 N–H and O–H groups in total. The highest BCUT2D eigenvalue weighted by atomic mass is 32.2. The molecule has 0 fully saturated rings. The first-order valence-electron chi connectivity index (χ1n) is 15.3. The maximum absolute atomic E-state index is 2.39. The lowest BCUT2D eigenvalue weighted by atomic mass is 10.0. The molecule has 0 radical (unpaired) electrons. The van der Waals surface area contributed by atoms with Crippen LogP contribution in [-0.4, -0.2) is 0 Å². The SMILES string of the molecule is CCCCCCCCCc1ccc([S+](c2ccccc2)c2ccc(CCCCCCCCC)cc2)cc1. The highest BCUT2D eigenvalue weighted by Gasteiger charge is 2.28.